The number of morpholine rings is 1. The zero-order valence-corrected chi connectivity index (χ0v) is 11.0. The molecule has 7 heteroatoms. The Morgan fingerprint density at radius 3 is 2.37 bits per heavy atom. The maximum Gasteiger partial charge on any atom is 0.221 e. The molecule has 0 bridgehead atoms. The van der Waals surface area contributed by atoms with Crippen LogP contribution in [-0.4, -0.2) is 50.6 Å². The maximum atomic E-state index is 12.7. The highest BCUT2D eigenvalue weighted by Crippen LogP contribution is 2.10. The fourth-order valence-corrected chi connectivity index (χ4v) is 3.19. The van der Waals surface area contributed by atoms with Crippen molar-refractivity contribution in [1.82, 2.24) is 4.31 Å². The van der Waals surface area contributed by atoms with Crippen LogP contribution in [0.5, 0.6) is 0 Å². The molecule has 0 aromatic heterocycles. The molecule has 0 spiro atoms. The van der Waals surface area contributed by atoms with Crippen molar-refractivity contribution in [1.29, 1.82) is 0 Å². The zero-order valence-electron chi connectivity index (χ0n) is 10.2. The molecule has 2 rings (SSSR count). The zero-order chi connectivity index (χ0) is 13.9. The number of hydrogen-bond acceptors (Lipinski definition) is 4. The second-order valence-electron chi connectivity index (χ2n) is 4.20. The van der Waals surface area contributed by atoms with Crippen LogP contribution in [0.1, 0.15) is 10.4 Å². The molecule has 0 N–H and O–H groups in total. The Morgan fingerprint density at radius 1 is 1.21 bits per heavy atom. The normalized spacial score (nSPS) is 17.3. The third-order valence-corrected chi connectivity index (χ3v) is 4.62. The largest absolute Gasteiger partial charge is 0.379 e. The molecule has 1 aromatic carbocycles. The minimum absolute atomic E-state index is 0.193. The number of nitrogens with zero attached hydrogens (tertiary/aromatic N) is 1. The van der Waals surface area contributed by atoms with Gasteiger partial charge in [0.25, 0.3) is 0 Å². The number of hydrogen-bond donors (Lipinski definition) is 0. The SMILES string of the molecule is O=C(CS(=O)(=O)N1CCOCC1)c1ccc(F)cc1. The van der Waals surface area contributed by atoms with Crippen molar-refractivity contribution in [2.45, 2.75) is 0 Å². The Kier molecular flexibility index (Phi) is 4.28. The quantitative estimate of drug-likeness (QED) is 0.764. The van der Waals surface area contributed by atoms with E-state index in [4.69, 9.17) is 4.74 Å². The average molecular weight is 287 g/mol. The number of rotatable bonds is 4. The van der Waals surface area contributed by atoms with Gasteiger partial charge in [-0.15, -0.1) is 0 Å². The first-order chi connectivity index (χ1) is 8.99. The summed E-state index contributed by atoms with van der Waals surface area (Å²) in [5, 5.41) is 0. The molecule has 1 aliphatic rings. The van der Waals surface area contributed by atoms with Gasteiger partial charge in [0.15, 0.2) is 5.78 Å². The molecule has 0 radical (unpaired) electrons. The van der Waals surface area contributed by atoms with Crippen molar-refractivity contribution in [2.75, 3.05) is 32.1 Å². The first kappa shape index (κ1) is 14.1. The summed E-state index contributed by atoms with van der Waals surface area (Å²) in [6, 6.07) is 4.84. The number of ether oxygens (including phenoxy) is 1. The molecule has 0 saturated carbocycles. The molecule has 0 aliphatic carbocycles. The second-order valence-corrected chi connectivity index (χ2v) is 6.17. The van der Waals surface area contributed by atoms with E-state index >= 15 is 0 Å². The van der Waals surface area contributed by atoms with Gasteiger partial charge in [-0.25, -0.2) is 12.8 Å². The Labute approximate surface area is 111 Å². The lowest BCUT2D eigenvalue weighted by molar-refractivity contribution is 0.0727. The molecule has 1 fully saturated rings. The summed E-state index contributed by atoms with van der Waals surface area (Å²) in [7, 11) is -3.63. The second kappa shape index (κ2) is 5.77. The molecule has 1 aliphatic heterocycles. The van der Waals surface area contributed by atoms with Crippen LogP contribution < -0.4 is 0 Å². The van der Waals surface area contributed by atoms with Crippen LogP contribution >= 0.6 is 0 Å². The van der Waals surface area contributed by atoms with E-state index in [1.54, 1.807) is 0 Å². The molecule has 19 heavy (non-hydrogen) atoms. The minimum atomic E-state index is -3.63. The Bertz CT molecular complexity index is 550. The molecule has 0 unspecified atom stereocenters. The fourth-order valence-electron chi connectivity index (χ4n) is 1.80. The third-order valence-electron chi connectivity index (χ3n) is 2.84. The molecule has 0 atom stereocenters. The molecule has 1 aromatic rings. The van der Waals surface area contributed by atoms with Crippen molar-refractivity contribution < 1.29 is 22.3 Å². The lowest BCUT2D eigenvalue weighted by Crippen LogP contribution is -2.43. The van der Waals surface area contributed by atoms with Gasteiger partial charge in [0.05, 0.1) is 13.2 Å². The smallest absolute Gasteiger partial charge is 0.221 e. The van der Waals surface area contributed by atoms with Crippen molar-refractivity contribution in [2.24, 2.45) is 0 Å². The van der Waals surface area contributed by atoms with E-state index in [-0.39, 0.29) is 18.7 Å². The van der Waals surface area contributed by atoms with Crippen LogP contribution in [0, 0.1) is 5.82 Å². The number of sulfonamides is 1. The Balaban J connectivity index is 2.07. The van der Waals surface area contributed by atoms with E-state index in [2.05, 4.69) is 0 Å². The Hall–Kier alpha value is -1.31. The number of carbonyl (C=O) groups is 1. The number of carbonyl (C=O) groups excluding carboxylic acids is 1. The lowest BCUT2D eigenvalue weighted by atomic mass is 10.1. The van der Waals surface area contributed by atoms with E-state index in [1.807, 2.05) is 0 Å². The minimum Gasteiger partial charge on any atom is -0.379 e. The van der Waals surface area contributed by atoms with E-state index in [9.17, 15) is 17.6 Å². The highest BCUT2D eigenvalue weighted by molar-refractivity contribution is 7.89. The van der Waals surface area contributed by atoms with Gasteiger partial charge in [-0.3, -0.25) is 4.79 Å². The first-order valence-corrected chi connectivity index (χ1v) is 7.44. The lowest BCUT2D eigenvalue weighted by Gasteiger charge is -2.25. The van der Waals surface area contributed by atoms with Crippen molar-refractivity contribution in [3.63, 3.8) is 0 Å². The summed E-state index contributed by atoms with van der Waals surface area (Å²) in [5.41, 5.74) is 0.193. The maximum absolute atomic E-state index is 12.7. The van der Waals surface area contributed by atoms with Crippen molar-refractivity contribution >= 4 is 15.8 Å². The van der Waals surface area contributed by atoms with Crippen LogP contribution in [-0.2, 0) is 14.8 Å². The standard InChI is InChI=1S/C12H14FNO4S/c13-11-3-1-10(2-4-11)12(15)9-19(16,17)14-5-7-18-8-6-14/h1-4H,5-9H2. The van der Waals surface area contributed by atoms with Crippen LogP contribution in [0.2, 0.25) is 0 Å². The summed E-state index contributed by atoms with van der Waals surface area (Å²) in [4.78, 5) is 11.9. The molecule has 104 valence electrons. The first-order valence-electron chi connectivity index (χ1n) is 5.83. The fraction of sp³-hybridized carbons (Fsp3) is 0.417. The molecule has 1 heterocycles. The molecule has 0 amide bonds. The van der Waals surface area contributed by atoms with Gasteiger partial charge in [-0.05, 0) is 24.3 Å². The topological polar surface area (TPSA) is 63.7 Å². The van der Waals surface area contributed by atoms with E-state index in [1.165, 1.54) is 16.4 Å². The van der Waals surface area contributed by atoms with E-state index in [0.717, 1.165) is 12.1 Å². The highest BCUT2D eigenvalue weighted by Gasteiger charge is 2.27. The van der Waals surface area contributed by atoms with Gasteiger partial charge in [0.1, 0.15) is 11.6 Å². The van der Waals surface area contributed by atoms with Gasteiger partial charge in [0, 0.05) is 18.7 Å². The van der Waals surface area contributed by atoms with Gasteiger partial charge in [-0.2, -0.15) is 4.31 Å². The summed E-state index contributed by atoms with van der Waals surface area (Å²) in [6.07, 6.45) is 0. The monoisotopic (exact) mass is 287 g/mol. The van der Waals surface area contributed by atoms with Crippen molar-refractivity contribution in [3.8, 4) is 0 Å². The Morgan fingerprint density at radius 2 is 1.79 bits per heavy atom. The predicted molar refractivity (Wildman–Crippen MR) is 66.9 cm³/mol. The van der Waals surface area contributed by atoms with Crippen LogP contribution in [0.3, 0.4) is 0 Å². The van der Waals surface area contributed by atoms with Gasteiger partial charge < -0.3 is 4.74 Å². The number of ketones is 1. The average Bonchev–Trinajstić information content (AvgIpc) is 2.40. The van der Waals surface area contributed by atoms with Crippen LogP contribution in [0.4, 0.5) is 4.39 Å². The van der Waals surface area contributed by atoms with Gasteiger partial charge in [0.2, 0.25) is 10.0 Å². The van der Waals surface area contributed by atoms with Crippen LogP contribution in [0.25, 0.3) is 0 Å². The molecule has 5 nitrogen and oxygen atoms in total. The summed E-state index contributed by atoms with van der Waals surface area (Å²) in [5.74, 6) is -1.60. The highest BCUT2D eigenvalue weighted by atomic mass is 32.2. The predicted octanol–water partition coefficient (Wildman–Crippen LogP) is 0.670. The number of halogens is 1. The summed E-state index contributed by atoms with van der Waals surface area (Å²) >= 11 is 0. The summed E-state index contributed by atoms with van der Waals surface area (Å²) < 4.78 is 43.1. The number of benzene rings is 1. The molecular weight excluding hydrogens is 273 g/mol. The third kappa shape index (κ3) is 3.59. The molecular formula is C12H14FNO4S. The van der Waals surface area contributed by atoms with E-state index < -0.39 is 27.4 Å². The van der Waals surface area contributed by atoms with Crippen molar-refractivity contribution in [3.05, 3.63) is 35.6 Å². The summed E-state index contributed by atoms with van der Waals surface area (Å²) in [6.45, 7) is 1.20. The van der Waals surface area contributed by atoms with Gasteiger partial charge in [-0.1, -0.05) is 0 Å². The molecule has 1 saturated heterocycles. The number of Topliss-reactive ketones (excluding diaryl/α,β-unsaturated/α-hetero) is 1. The van der Waals surface area contributed by atoms with Gasteiger partial charge >= 0.3 is 0 Å². The van der Waals surface area contributed by atoms with Crippen LogP contribution in [0.15, 0.2) is 24.3 Å². The van der Waals surface area contributed by atoms with E-state index in [0.29, 0.717) is 13.2 Å².